The van der Waals surface area contributed by atoms with Gasteiger partial charge in [-0.3, -0.25) is 0 Å². The fraction of sp³-hybridized carbons (Fsp3) is 0.462. The third-order valence-electron chi connectivity index (χ3n) is 3.40. The first-order valence-corrected chi connectivity index (χ1v) is 6.07. The van der Waals surface area contributed by atoms with E-state index in [-0.39, 0.29) is 0 Å². The van der Waals surface area contributed by atoms with Gasteiger partial charge in [0, 0.05) is 12.7 Å². The van der Waals surface area contributed by atoms with Crippen molar-refractivity contribution in [2.45, 2.75) is 19.3 Å². The Hall–Kier alpha value is -1.35. The number of hydrogen-bond donors (Lipinski definition) is 0. The molecular weight excluding hydrogens is 198 g/mol. The van der Waals surface area contributed by atoms with Gasteiger partial charge >= 0.3 is 0 Å². The fourth-order valence-corrected chi connectivity index (χ4v) is 2.46. The van der Waals surface area contributed by atoms with Gasteiger partial charge in [0.1, 0.15) is 0 Å². The lowest BCUT2D eigenvalue weighted by molar-refractivity contribution is 0.344. The van der Waals surface area contributed by atoms with Crippen LogP contribution in [-0.4, -0.2) is 34.1 Å². The standard InChI is InChI=1S/C13H17N3/c1-2-9-16-13(5-1)12(11-14-16)6-10-15-7-3-4-8-15/h1-2,5,9,11H,3-4,6-8,10H2. The first-order valence-electron chi connectivity index (χ1n) is 6.07. The molecule has 0 aliphatic carbocycles. The SMILES string of the molecule is c1ccn2ncc(CCN3CCCC3)c2c1. The summed E-state index contributed by atoms with van der Waals surface area (Å²) in [6.07, 6.45) is 7.87. The predicted molar refractivity (Wildman–Crippen MR) is 64.6 cm³/mol. The van der Waals surface area contributed by atoms with Crippen LogP contribution in [0.1, 0.15) is 18.4 Å². The Morgan fingerprint density at radius 1 is 1.19 bits per heavy atom. The molecular formula is C13H17N3. The minimum Gasteiger partial charge on any atom is -0.303 e. The van der Waals surface area contributed by atoms with Crippen molar-refractivity contribution in [3.8, 4) is 0 Å². The molecule has 0 unspecified atom stereocenters. The molecule has 0 radical (unpaired) electrons. The first-order chi connectivity index (χ1) is 7.93. The molecule has 84 valence electrons. The summed E-state index contributed by atoms with van der Waals surface area (Å²) in [5.74, 6) is 0. The van der Waals surface area contributed by atoms with Crippen LogP contribution < -0.4 is 0 Å². The number of fused-ring (bicyclic) bond motifs is 1. The smallest absolute Gasteiger partial charge is 0.0694 e. The Bertz CT molecular complexity index is 469. The molecule has 3 nitrogen and oxygen atoms in total. The van der Waals surface area contributed by atoms with E-state index in [0.29, 0.717) is 0 Å². The van der Waals surface area contributed by atoms with Crippen LogP contribution in [0, 0.1) is 0 Å². The van der Waals surface area contributed by atoms with Gasteiger partial charge in [-0.15, -0.1) is 0 Å². The van der Waals surface area contributed by atoms with E-state index in [1.54, 1.807) is 0 Å². The lowest BCUT2D eigenvalue weighted by Gasteiger charge is -2.13. The van der Waals surface area contributed by atoms with Crippen molar-refractivity contribution in [1.82, 2.24) is 14.5 Å². The van der Waals surface area contributed by atoms with Crippen molar-refractivity contribution in [1.29, 1.82) is 0 Å². The highest BCUT2D eigenvalue weighted by molar-refractivity contribution is 5.53. The van der Waals surface area contributed by atoms with Crippen molar-refractivity contribution in [3.05, 3.63) is 36.2 Å². The summed E-state index contributed by atoms with van der Waals surface area (Å²) in [6.45, 7) is 3.73. The van der Waals surface area contributed by atoms with Crippen LogP contribution in [0.4, 0.5) is 0 Å². The maximum Gasteiger partial charge on any atom is 0.0694 e. The Balaban J connectivity index is 1.73. The van der Waals surface area contributed by atoms with E-state index in [2.05, 4.69) is 22.1 Å². The summed E-state index contributed by atoms with van der Waals surface area (Å²) in [5, 5.41) is 4.36. The second kappa shape index (κ2) is 4.26. The molecule has 2 aromatic heterocycles. The molecule has 1 saturated heterocycles. The number of rotatable bonds is 3. The quantitative estimate of drug-likeness (QED) is 0.780. The van der Waals surface area contributed by atoms with E-state index in [0.717, 1.165) is 6.42 Å². The van der Waals surface area contributed by atoms with E-state index in [1.807, 2.05) is 23.0 Å². The number of nitrogens with zero attached hydrogens (tertiary/aromatic N) is 3. The second-order valence-electron chi connectivity index (χ2n) is 4.50. The van der Waals surface area contributed by atoms with Crippen molar-refractivity contribution in [2.24, 2.45) is 0 Å². The van der Waals surface area contributed by atoms with E-state index in [9.17, 15) is 0 Å². The van der Waals surface area contributed by atoms with Gasteiger partial charge in [0.2, 0.25) is 0 Å². The molecule has 1 aliphatic rings. The molecule has 1 aliphatic heterocycles. The monoisotopic (exact) mass is 215 g/mol. The van der Waals surface area contributed by atoms with Gasteiger partial charge in [0.15, 0.2) is 0 Å². The summed E-state index contributed by atoms with van der Waals surface area (Å²) >= 11 is 0. The van der Waals surface area contributed by atoms with E-state index >= 15 is 0 Å². The lowest BCUT2D eigenvalue weighted by atomic mass is 10.2. The van der Waals surface area contributed by atoms with Gasteiger partial charge in [0.25, 0.3) is 0 Å². The zero-order valence-electron chi connectivity index (χ0n) is 9.47. The van der Waals surface area contributed by atoms with Gasteiger partial charge in [-0.1, -0.05) is 6.07 Å². The normalized spacial score (nSPS) is 17.2. The van der Waals surface area contributed by atoms with Crippen molar-refractivity contribution >= 4 is 5.52 Å². The predicted octanol–water partition coefficient (Wildman–Crippen LogP) is 1.97. The fourth-order valence-electron chi connectivity index (χ4n) is 2.46. The molecule has 1 fully saturated rings. The number of aromatic nitrogens is 2. The molecule has 0 amide bonds. The summed E-state index contributed by atoms with van der Waals surface area (Å²) in [7, 11) is 0. The van der Waals surface area contributed by atoms with Crippen LogP contribution in [0.25, 0.3) is 5.52 Å². The van der Waals surface area contributed by atoms with Crippen LogP contribution in [0.3, 0.4) is 0 Å². The molecule has 16 heavy (non-hydrogen) atoms. The molecule has 0 aromatic carbocycles. The Labute approximate surface area is 95.7 Å². The Morgan fingerprint density at radius 3 is 2.94 bits per heavy atom. The minimum absolute atomic E-state index is 1.12. The van der Waals surface area contributed by atoms with Crippen molar-refractivity contribution in [2.75, 3.05) is 19.6 Å². The summed E-state index contributed by atoms with van der Waals surface area (Å²) in [6, 6.07) is 6.24. The van der Waals surface area contributed by atoms with Gasteiger partial charge in [0.05, 0.1) is 11.7 Å². The molecule has 0 N–H and O–H groups in total. The number of pyridine rings is 1. The van der Waals surface area contributed by atoms with E-state index < -0.39 is 0 Å². The highest BCUT2D eigenvalue weighted by Gasteiger charge is 2.12. The molecule has 3 heterocycles. The lowest BCUT2D eigenvalue weighted by Crippen LogP contribution is -2.21. The van der Waals surface area contributed by atoms with Gasteiger partial charge in [-0.2, -0.15) is 5.10 Å². The van der Waals surface area contributed by atoms with Gasteiger partial charge in [-0.25, -0.2) is 4.52 Å². The van der Waals surface area contributed by atoms with Crippen LogP contribution in [0.2, 0.25) is 0 Å². The Kier molecular flexibility index (Phi) is 2.62. The molecule has 0 saturated carbocycles. The van der Waals surface area contributed by atoms with Crippen LogP contribution >= 0.6 is 0 Å². The summed E-state index contributed by atoms with van der Waals surface area (Å²) in [4.78, 5) is 2.55. The minimum atomic E-state index is 1.12. The average Bonchev–Trinajstić information content (AvgIpc) is 2.96. The third kappa shape index (κ3) is 1.83. The van der Waals surface area contributed by atoms with Crippen LogP contribution in [0.5, 0.6) is 0 Å². The average molecular weight is 215 g/mol. The molecule has 0 spiro atoms. The van der Waals surface area contributed by atoms with Crippen LogP contribution in [-0.2, 0) is 6.42 Å². The molecule has 0 atom stereocenters. The zero-order chi connectivity index (χ0) is 10.8. The molecule has 3 rings (SSSR count). The topological polar surface area (TPSA) is 20.5 Å². The zero-order valence-corrected chi connectivity index (χ0v) is 9.47. The maximum absolute atomic E-state index is 4.36. The summed E-state index contributed by atoms with van der Waals surface area (Å²) < 4.78 is 1.96. The highest BCUT2D eigenvalue weighted by atomic mass is 15.2. The van der Waals surface area contributed by atoms with Crippen molar-refractivity contribution < 1.29 is 0 Å². The second-order valence-corrected chi connectivity index (χ2v) is 4.50. The Morgan fingerprint density at radius 2 is 2.06 bits per heavy atom. The number of hydrogen-bond acceptors (Lipinski definition) is 2. The summed E-state index contributed by atoms with van der Waals surface area (Å²) in [5.41, 5.74) is 2.62. The highest BCUT2D eigenvalue weighted by Crippen LogP contribution is 2.13. The van der Waals surface area contributed by atoms with Crippen LogP contribution in [0.15, 0.2) is 30.6 Å². The van der Waals surface area contributed by atoms with E-state index in [4.69, 9.17) is 0 Å². The number of likely N-dealkylation sites (tertiary alicyclic amines) is 1. The largest absolute Gasteiger partial charge is 0.303 e. The van der Waals surface area contributed by atoms with Crippen molar-refractivity contribution in [3.63, 3.8) is 0 Å². The first kappa shape index (κ1) is 9.85. The van der Waals surface area contributed by atoms with E-state index in [1.165, 1.54) is 43.6 Å². The molecule has 2 aromatic rings. The molecule has 3 heteroatoms. The van der Waals surface area contributed by atoms with Gasteiger partial charge in [-0.05, 0) is 50.0 Å². The third-order valence-corrected chi connectivity index (χ3v) is 3.40. The molecule has 0 bridgehead atoms. The maximum atomic E-state index is 4.36. The van der Waals surface area contributed by atoms with Gasteiger partial charge < -0.3 is 4.90 Å².